The lowest BCUT2D eigenvalue weighted by Gasteiger charge is -2.21. The van der Waals surface area contributed by atoms with Gasteiger partial charge in [-0.05, 0) is 38.8 Å². The van der Waals surface area contributed by atoms with Crippen LogP contribution in [0.15, 0.2) is 28.7 Å². The summed E-state index contributed by atoms with van der Waals surface area (Å²) in [6.07, 6.45) is 0.888. The van der Waals surface area contributed by atoms with Crippen LogP contribution in [0.25, 0.3) is 0 Å². The number of ether oxygens (including phenoxy) is 1. The number of rotatable bonds is 4. The fourth-order valence-corrected chi connectivity index (χ4v) is 2.06. The molecule has 0 fully saturated rings. The topological polar surface area (TPSA) is 52.3 Å². The van der Waals surface area contributed by atoms with Crippen LogP contribution < -0.4 is 5.73 Å². The van der Waals surface area contributed by atoms with Gasteiger partial charge in [0.25, 0.3) is 0 Å². The molecule has 0 bridgehead atoms. The summed E-state index contributed by atoms with van der Waals surface area (Å²) in [5, 5.41) is 0. The van der Waals surface area contributed by atoms with Gasteiger partial charge in [0, 0.05) is 10.5 Å². The average molecular weight is 314 g/mol. The van der Waals surface area contributed by atoms with E-state index in [-0.39, 0.29) is 18.4 Å². The van der Waals surface area contributed by atoms with E-state index >= 15 is 0 Å². The van der Waals surface area contributed by atoms with Crippen molar-refractivity contribution in [3.63, 3.8) is 0 Å². The third-order valence-electron chi connectivity index (χ3n) is 2.29. The van der Waals surface area contributed by atoms with Gasteiger partial charge in [0.15, 0.2) is 0 Å². The first kappa shape index (κ1) is 15.2. The van der Waals surface area contributed by atoms with Crippen LogP contribution in [0.5, 0.6) is 0 Å². The predicted molar refractivity (Wildman–Crippen MR) is 76.3 cm³/mol. The fourth-order valence-electron chi connectivity index (χ4n) is 1.62. The number of hydrogen-bond acceptors (Lipinski definition) is 3. The van der Waals surface area contributed by atoms with Gasteiger partial charge in [0.2, 0.25) is 0 Å². The van der Waals surface area contributed by atoms with E-state index in [2.05, 4.69) is 15.9 Å². The molecule has 0 unspecified atom stereocenters. The molecule has 1 atom stereocenters. The first-order chi connectivity index (χ1) is 8.28. The largest absolute Gasteiger partial charge is 0.460 e. The smallest absolute Gasteiger partial charge is 0.307 e. The van der Waals surface area contributed by atoms with Crippen molar-refractivity contribution in [2.45, 2.75) is 45.3 Å². The van der Waals surface area contributed by atoms with E-state index in [4.69, 9.17) is 10.5 Å². The van der Waals surface area contributed by atoms with E-state index in [1.165, 1.54) is 0 Å². The fraction of sp³-hybridized carbons (Fsp3) is 0.500. The Bertz CT molecular complexity index is 413. The molecule has 0 saturated heterocycles. The summed E-state index contributed by atoms with van der Waals surface area (Å²) < 4.78 is 6.26. The highest BCUT2D eigenvalue weighted by Crippen LogP contribution is 2.18. The van der Waals surface area contributed by atoms with Crippen LogP contribution in [0.3, 0.4) is 0 Å². The van der Waals surface area contributed by atoms with Gasteiger partial charge in [0.05, 0.1) is 6.42 Å². The minimum Gasteiger partial charge on any atom is -0.460 e. The molecule has 1 aromatic carbocycles. The van der Waals surface area contributed by atoms with Crippen LogP contribution in [-0.2, 0) is 16.0 Å². The predicted octanol–water partition coefficient (Wildman–Crippen LogP) is 3.05. The molecule has 0 aliphatic carbocycles. The Morgan fingerprint density at radius 2 is 2.00 bits per heavy atom. The van der Waals surface area contributed by atoms with Gasteiger partial charge < -0.3 is 10.5 Å². The minimum absolute atomic E-state index is 0.224. The Balaban J connectivity index is 2.50. The second-order valence-electron chi connectivity index (χ2n) is 5.35. The minimum atomic E-state index is -0.454. The van der Waals surface area contributed by atoms with Crippen molar-refractivity contribution in [3.05, 3.63) is 34.3 Å². The van der Waals surface area contributed by atoms with Crippen LogP contribution in [-0.4, -0.2) is 17.6 Å². The Hall–Kier alpha value is -0.870. The van der Waals surface area contributed by atoms with Crippen molar-refractivity contribution >= 4 is 21.9 Å². The van der Waals surface area contributed by atoms with E-state index in [1.807, 2.05) is 45.0 Å². The number of benzene rings is 1. The molecule has 1 aromatic rings. The Kier molecular flexibility index (Phi) is 5.35. The third-order valence-corrected chi connectivity index (χ3v) is 3.06. The van der Waals surface area contributed by atoms with Gasteiger partial charge in [-0.25, -0.2) is 0 Å². The van der Waals surface area contributed by atoms with Crippen molar-refractivity contribution < 1.29 is 9.53 Å². The monoisotopic (exact) mass is 313 g/mol. The Morgan fingerprint density at radius 3 is 2.56 bits per heavy atom. The summed E-state index contributed by atoms with van der Waals surface area (Å²) >= 11 is 3.47. The van der Waals surface area contributed by atoms with Crippen molar-refractivity contribution in [2.24, 2.45) is 5.73 Å². The van der Waals surface area contributed by atoms with Crippen LogP contribution in [0, 0.1) is 0 Å². The highest BCUT2D eigenvalue weighted by atomic mass is 79.9. The van der Waals surface area contributed by atoms with Crippen molar-refractivity contribution in [1.29, 1.82) is 0 Å². The number of esters is 1. The van der Waals surface area contributed by atoms with Crippen molar-refractivity contribution in [3.8, 4) is 0 Å². The number of carbonyl (C=O) groups is 1. The lowest BCUT2D eigenvalue weighted by molar-refractivity contribution is -0.155. The summed E-state index contributed by atoms with van der Waals surface area (Å²) in [6.45, 7) is 5.55. The second-order valence-corrected chi connectivity index (χ2v) is 6.20. The molecule has 0 saturated carbocycles. The molecule has 0 aliphatic heterocycles. The van der Waals surface area contributed by atoms with Crippen LogP contribution in [0.4, 0.5) is 0 Å². The molecule has 0 radical (unpaired) electrons. The molecule has 0 amide bonds. The van der Waals surface area contributed by atoms with E-state index in [0.29, 0.717) is 6.42 Å². The van der Waals surface area contributed by atoms with Crippen LogP contribution >= 0.6 is 15.9 Å². The second kappa shape index (κ2) is 6.34. The molecular formula is C14H20BrNO2. The highest BCUT2D eigenvalue weighted by molar-refractivity contribution is 9.10. The molecule has 3 nitrogen and oxygen atoms in total. The van der Waals surface area contributed by atoms with Gasteiger partial charge in [-0.3, -0.25) is 4.79 Å². The quantitative estimate of drug-likeness (QED) is 0.869. The molecular weight excluding hydrogens is 294 g/mol. The van der Waals surface area contributed by atoms with E-state index in [1.54, 1.807) is 0 Å². The maximum absolute atomic E-state index is 11.6. The third kappa shape index (κ3) is 5.65. The molecule has 0 heterocycles. The zero-order valence-electron chi connectivity index (χ0n) is 11.1. The van der Waals surface area contributed by atoms with Gasteiger partial charge in [-0.15, -0.1) is 0 Å². The first-order valence-corrected chi connectivity index (χ1v) is 6.78. The molecule has 4 heteroatoms. The number of carbonyl (C=O) groups excluding carboxylic acids is 1. The lowest BCUT2D eigenvalue weighted by Crippen LogP contribution is -2.31. The van der Waals surface area contributed by atoms with Gasteiger partial charge >= 0.3 is 5.97 Å². The number of halogens is 1. The Morgan fingerprint density at radius 1 is 1.39 bits per heavy atom. The van der Waals surface area contributed by atoms with E-state index in [9.17, 15) is 4.79 Å². The highest BCUT2D eigenvalue weighted by Gasteiger charge is 2.19. The van der Waals surface area contributed by atoms with E-state index < -0.39 is 5.60 Å². The normalized spacial score (nSPS) is 13.2. The first-order valence-electron chi connectivity index (χ1n) is 5.99. The molecule has 18 heavy (non-hydrogen) atoms. The number of hydrogen-bond donors (Lipinski definition) is 1. The van der Waals surface area contributed by atoms with E-state index in [0.717, 1.165) is 10.0 Å². The summed E-state index contributed by atoms with van der Waals surface area (Å²) in [5.74, 6) is -0.248. The SMILES string of the molecule is CC(C)(C)OC(=O)C[C@H](N)Cc1ccccc1Br. The molecule has 100 valence electrons. The zero-order chi connectivity index (χ0) is 13.8. The van der Waals surface area contributed by atoms with Crippen LogP contribution in [0.1, 0.15) is 32.8 Å². The molecule has 2 N–H and O–H groups in total. The summed E-state index contributed by atoms with van der Waals surface area (Å²) in [7, 11) is 0. The molecule has 1 rings (SSSR count). The summed E-state index contributed by atoms with van der Waals surface area (Å²) in [4.78, 5) is 11.6. The summed E-state index contributed by atoms with van der Waals surface area (Å²) in [5.41, 5.74) is 6.62. The Labute approximate surface area is 117 Å². The van der Waals surface area contributed by atoms with Gasteiger partial charge in [0.1, 0.15) is 5.60 Å². The van der Waals surface area contributed by atoms with Gasteiger partial charge in [-0.2, -0.15) is 0 Å². The zero-order valence-corrected chi connectivity index (χ0v) is 12.7. The maximum Gasteiger partial charge on any atom is 0.307 e. The lowest BCUT2D eigenvalue weighted by atomic mass is 10.0. The molecule has 0 spiro atoms. The molecule has 0 aliphatic rings. The van der Waals surface area contributed by atoms with Crippen molar-refractivity contribution in [2.75, 3.05) is 0 Å². The van der Waals surface area contributed by atoms with Crippen LogP contribution in [0.2, 0.25) is 0 Å². The van der Waals surface area contributed by atoms with Crippen molar-refractivity contribution in [1.82, 2.24) is 0 Å². The average Bonchev–Trinajstić information content (AvgIpc) is 2.18. The number of nitrogens with two attached hydrogens (primary N) is 1. The molecule has 0 aromatic heterocycles. The standard InChI is InChI=1S/C14H20BrNO2/c1-14(2,3)18-13(17)9-11(16)8-10-6-4-5-7-12(10)15/h4-7,11H,8-9,16H2,1-3H3/t11-/m1/s1. The maximum atomic E-state index is 11.6. The summed E-state index contributed by atoms with van der Waals surface area (Å²) in [6, 6.07) is 7.65. The van der Waals surface area contributed by atoms with Gasteiger partial charge in [-0.1, -0.05) is 34.1 Å².